The van der Waals surface area contributed by atoms with Crippen LogP contribution in [-0.2, 0) is 14.8 Å². The summed E-state index contributed by atoms with van der Waals surface area (Å²) in [7, 11) is -3.57. The monoisotopic (exact) mass is 430 g/mol. The van der Waals surface area contributed by atoms with Gasteiger partial charge >= 0.3 is 0 Å². The summed E-state index contributed by atoms with van der Waals surface area (Å²) < 4.78 is 33.2. The highest BCUT2D eigenvalue weighted by Gasteiger charge is 2.21. The SMILES string of the molecule is CC(=O)c1cccc(NC(=O)COc2ccc(S(=O)(=O)NC3CCCCC3)cc2)c1. The maximum absolute atomic E-state index is 12.5. The number of sulfonamides is 1. The molecule has 1 amide bonds. The van der Waals surface area contributed by atoms with Gasteiger partial charge in [-0.05, 0) is 56.2 Å². The van der Waals surface area contributed by atoms with Gasteiger partial charge in [-0.2, -0.15) is 0 Å². The third-order valence-corrected chi connectivity index (χ3v) is 6.52. The first kappa shape index (κ1) is 22.0. The van der Waals surface area contributed by atoms with E-state index < -0.39 is 10.0 Å². The normalized spacial score (nSPS) is 14.8. The molecule has 1 aliphatic carbocycles. The number of benzene rings is 2. The Labute approximate surface area is 176 Å². The summed E-state index contributed by atoms with van der Waals surface area (Å²) in [5, 5.41) is 2.67. The minimum Gasteiger partial charge on any atom is -0.484 e. The maximum Gasteiger partial charge on any atom is 0.262 e. The van der Waals surface area contributed by atoms with Crippen LogP contribution < -0.4 is 14.8 Å². The molecule has 0 bridgehead atoms. The van der Waals surface area contributed by atoms with Gasteiger partial charge in [-0.25, -0.2) is 13.1 Å². The lowest BCUT2D eigenvalue weighted by atomic mass is 9.96. The van der Waals surface area contributed by atoms with Gasteiger partial charge in [0.2, 0.25) is 10.0 Å². The molecule has 2 aromatic rings. The lowest BCUT2D eigenvalue weighted by Crippen LogP contribution is -2.36. The number of ether oxygens (including phenoxy) is 1. The van der Waals surface area contributed by atoms with Crippen LogP contribution in [0.1, 0.15) is 49.4 Å². The van der Waals surface area contributed by atoms with Crippen LogP contribution in [0.4, 0.5) is 5.69 Å². The number of hydrogen-bond acceptors (Lipinski definition) is 5. The minimum absolute atomic E-state index is 0.00937. The predicted octanol–water partition coefficient (Wildman–Crippen LogP) is 3.52. The molecule has 0 unspecified atom stereocenters. The molecule has 2 N–H and O–H groups in total. The summed E-state index contributed by atoms with van der Waals surface area (Å²) in [5.41, 5.74) is 1.01. The van der Waals surface area contributed by atoms with Crippen LogP contribution in [0.3, 0.4) is 0 Å². The van der Waals surface area contributed by atoms with Crippen LogP contribution in [0.5, 0.6) is 5.75 Å². The molecule has 3 rings (SSSR count). The second-order valence-electron chi connectivity index (χ2n) is 7.40. The molecule has 0 heterocycles. The van der Waals surface area contributed by atoms with E-state index in [0.29, 0.717) is 17.0 Å². The number of hydrogen-bond donors (Lipinski definition) is 2. The van der Waals surface area contributed by atoms with Gasteiger partial charge in [0.15, 0.2) is 12.4 Å². The number of carbonyl (C=O) groups is 2. The smallest absolute Gasteiger partial charge is 0.262 e. The molecular formula is C22H26N2O5S. The average molecular weight is 431 g/mol. The zero-order valence-electron chi connectivity index (χ0n) is 16.9. The fourth-order valence-corrected chi connectivity index (χ4v) is 4.69. The quantitative estimate of drug-likeness (QED) is 0.624. The van der Waals surface area contributed by atoms with Gasteiger partial charge < -0.3 is 10.1 Å². The Morgan fingerprint density at radius 3 is 2.40 bits per heavy atom. The molecule has 0 saturated heterocycles. The van der Waals surface area contributed by atoms with E-state index in [2.05, 4.69) is 10.0 Å². The lowest BCUT2D eigenvalue weighted by molar-refractivity contribution is -0.118. The van der Waals surface area contributed by atoms with Crippen molar-refractivity contribution in [3.05, 3.63) is 54.1 Å². The summed E-state index contributed by atoms with van der Waals surface area (Å²) in [6.45, 7) is 1.22. The maximum atomic E-state index is 12.5. The van der Waals surface area contributed by atoms with E-state index in [1.807, 2.05) is 0 Å². The first-order chi connectivity index (χ1) is 14.3. The van der Waals surface area contributed by atoms with Gasteiger partial charge in [-0.15, -0.1) is 0 Å². The predicted molar refractivity (Wildman–Crippen MR) is 114 cm³/mol. The van der Waals surface area contributed by atoms with Crippen molar-refractivity contribution >= 4 is 27.4 Å². The molecule has 0 aromatic heterocycles. The van der Waals surface area contributed by atoms with Crippen LogP contribution in [0.2, 0.25) is 0 Å². The van der Waals surface area contributed by atoms with E-state index in [9.17, 15) is 18.0 Å². The fourth-order valence-electron chi connectivity index (χ4n) is 3.38. The summed E-state index contributed by atoms with van der Waals surface area (Å²) in [6, 6.07) is 12.6. The Morgan fingerprint density at radius 2 is 1.73 bits per heavy atom. The van der Waals surface area contributed by atoms with E-state index in [-0.39, 0.29) is 29.2 Å². The van der Waals surface area contributed by atoms with Crippen molar-refractivity contribution in [1.29, 1.82) is 0 Å². The second-order valence-corrected chi connectivity index (χ2v) is 9.12. The van der Waals surface area contributed by atoms with Crippen LogP contribution in [0, 0.1) is 0 Å². The van der Waals surface area contributed by atoms with Crippen LogP contribution in [-0.4, -0.2) is 32.8 Å². The molecular weight excluding hydrogens is 404 g/mol. The van der Waals surface area contributed by atoms with E-state index in [0.717, 1.165) is 32.1 Å². The third-order valence-electron chi connectivity index (χ3n) is 4.98. The van der Waals surface area contributed by atoms with E-state index in [1.165, 1.54) is 31.2 Å². The van der Waals surface area contributed by atoms with Gasteiger partial charge in [-0.1, -0.05) is 31.4 Å². The summed E-state index contributed by atoms with van der Waals surface area (Å²) >= 11 is 0. The van der Waals surface area contributed by atoms with E-state index in [4.69, 9.17) is 4.74 Å². The molecule has 0 spiro atoms. The number of rotatable bonds is 8. The molecule has 2 aromatic carbocycles. The first-order valence-electron chi connectivity index (χ1n) is 9.99. The number of ketones is 1. The number of carbonyl (C=O) groups excluding carboxylic acids is 2. The molecule has 160 valence electrons. The van der Waals surface area contributed by atoms with Gasteiger partial charge in [0.25, 0.3) is 5.91 Å². The number of nitrogens with one attached hydrogen (secondary N) is 2. The van der Waals surface area contributed by atoms with Crippen molar-refractivity contribution in [1.82, 2.24) is 4.72 Å². The first-order valence-corrected chi connectivity index (χ1v) is 11.5. The fraction of sp³-hybridized carbons (Fsp3) is 0.364. The standard InChI is InChI=1S/C22H26N2O5S/c1-16(25)17-6-5-9-19(14-17)23-22(26)15-29-20-10-12-21(13-11-20)30(27,28)24-18-7-3-2-4-8-18/h5-6,9-14,18,24H,2-4,7-8,15H2,1H3,(H,23,26). The molecule has 1 saturated carbocycles. The number of Topliss-reactive ketones (excluding diaryl/α,β-unsaturated/α-hetero) is 1. The van der Waals surface area contributed by atoms with E-state index >= 15 is 0 Å². The molecule has 1 fully saturated rings. The second kappa shape index (κ2) is 9.86. The van der Waals surface area contributed by atoms with Crippen molar-refractivity contribution in [2.45, 2.75) is 50.0 Å². The summed E-state index contributed by atoms with van der Waals surface area (Å²) in [4.78, 5) is 23.7. The molecule has 0 radical (unpaired) electrons. The molecule has 0 atom stereocenters. The van der Waals surface area contributed by atoms with Crippen molar-refractivity contribution in [2.75, 3.05) is 11.9 Å². The Kier molecular flexibility index (Phi) is 7.23. The molecule has 1 aliphatic rings. The highest BCUT2D eigenvalue weighted by atomic mass is 32.2. The van der Waals surface area contributed by atoms with Gasteiger partial charge in [-0.3, -0.25) is 9.59 Å². The topological polar surface area (TPSA) is 102 Å². The molecule has 8 heteroatoms. The molecule has 7 nitrogen and oxygen atoms in total. The van der Waals surface area contributed by atoms with Crippen LogP contribution in [0.15, 0.2) is 53.4 Å². The summed E-state index contributed by atoms with van der Waals surface area (Å²) in [5.74, 6) is -0.0824. The molecule has 30 heavy (non-hydrogen) atoms. The van der Waals surface area contributed by atoms with Crippen molar-refractivity contribution in [3.8, 4) is 5.75 Å². The average Bonchev–Trinajstić information content (AvgIpc) is 2.73. The Morgan fingerprint density at radius 1 is 1.03 bits per heavy atom. The van der Waals surface area contributed by atoms with Crippen molar-refractivity contribution < 1.29 is 22.7 Å². The van der Waals surface area contributed by atoms with Crippen LogP contribution >= 0.6 is 0 Å². The van der Waals surface area contributed by atoms with Gasteiger partial charge in [0.1, 0.15) is 5.75 Å². The zero-order chi connectivity index (χ0) is 21.6. The highest BCUT2D eigenvalue weighted by molar-refractivity contribution is 7.89. The van der Waals surface area contributed by atoms with E-state index in [1.54, 1.807) is 24.3 Å². The van der Waals surface area contributed by atoms with Gasteiger partial charge in [0.05, 0.1) is 4.90 Å². The molecule has 0 aliphatic heterocycles. The van der Waals surface area contributed by atoms with Crippen molar-refractivity contribution in [2.24, 2.45) is 0 Å². The highest BCUT2D eigenvalue weighted by Crippen LogP contribution is 2.21. The largest absolute Gasteiger partial charge is 0.484 e. The Bertz CT molecular complexity index is 996. The van der Waals surface area contributed by atoms with Crippen LogP contribution in [0.25, 0.3) is 0 Å². The van der Waals surface area contributed by atoms with Crippen molar-refractivity contribution in [3.63, 3.8) is 0 Å². The number of anilines is 1. The third kappa shape index (κ3) is 6.14. The Balaban J connectivity index is 1.53. The summed E-state index contributed by atoms with van der Waals surface area (Å²) in [6.07, 6.45) is 4.97. The number of amides is 1. The minimum atomic E-state index is -3.57. The Hall–Kier alpha value is -2.71. The lowest BCUT2D eigenvalue weighted by Gasteiger charge is -2.22. The van der Waals surface area contributed by atoms with Gasteiger partial charge in [0, 0.05) is 17.3 Å². The zero-order valence-corrected chi connectivity index (χ0v) is 17.7.